The van der Waals surface area contributed by atoms with Gasteiger partial charge in [0.15, 0.2) is 0 Å². The average molecular weight is 293 g/mol. The number of nitrogens with zero attached hydrogens (tertiary/aromatic N) is 1. The van der Waals surface area contributed by atoms with Crippen LogP contribution in [0.25, 0.3) is 0 Å². The minimum absolute atomic E-state index is 0.180. The van der Waals surface area contributed by atoms with Crippen LogP contribution in [-0.2, 0) is 17.0 Å². The van der Waals surface area contributed by atoms with Gasteiger partial charge in [-0.05, 0) is 18.1 Å². The van der Waals surface area contributed by atoms with E-state index in [2.05, 4.69) is 15.8 Å². The lowest BCUT2D eigenvalue weighted by Crippen LogP contribution is -2.31. The minimum atomic E-state index is -0.180. The van der Waals surface area contributed by atoms with E-state index in [9.17, 15) is 4.79 Å². The monoisotopic (exact) mass is 293 g/mol. The fourth-order valence-corrected chi connectivity index (χ4v) is 3.34. The third kappa shape index (κ3) is 4.34. The maximum atomic E-state index is 11.1. The third-order valence-corrected chi connectivity index (χ3v) is 4.72. The molecule has 0 atom stereocenters. The highest BCUT2D eigenvalue weighted by atomic mass is 32.2. The van der Waals surface area contributed by atoms with Crippen LogP contribution < -0.4 is 11.3 Å². The lowest BCUT2D eigenvalue weighted by molar-refractivity contribution is -0.120. The van der Waals surface area contributed by atoms with Gasteiger partial charge in [0, 0.05) is 16.8 Å². The predicted molar refractivity (Wildman–Crippen MR) is 78.9 cm³/mol. The fraction of sp³-hybridized carbons (Fsp3) is 0.231. The summed E-state index contributed by atoms with van der Waals surface area (Å²) in [6.07, 6.45) is 0.315. The van der Waals surface area contributed by atoms with E-state index in [1.54, 1.807) is 23.1 Å². The Hall–Kier alpha value is -1.37. The molecule has 3 N–H and O–H groups in total. The number of rotatable bonds is 5. The Kier molecular flexibility index (Phi) is 4.95. The molecule has 0 unspecified atom stereocenters. The molecule has 0 saturated heterocycles. The summed E-state index contributed by atoms with van der Waals surface area (Å²) in [5.74, 6) is 5.76. The van der Waals surface area contributed by atoms with Crippen molar-refractivity contribution in [2.24, 2.45) is 5.84 Å². The van der Waals surface area contributed by atoms with Crippen LogP contribution in [0.4, 0.5) is 0 Å². The van der Waals surface area contributed by atoms with Gasteiger partial charge in [-0.3, -0.25) is 10.2 Å². The number of thiazole rings is 1. The van der Waals surface area contributed by atoms with Crippen LogP contribution >= 0.6 is 23.1 Å². The lowest BCUT2D eigenvalue weighted by Gasteiger charge is -2.03. The first-order valence-electron chi connectivity index (χ1n) is 5.79. The van der Waals surface area contributed by atoms with E-state index in [4.69, 9.17) is 5.84 Å². The number of nitrogens with two attached hydrogens (primary N) is 1. The number of aryl methyl sites for hydroxylation is 1. The van der Waals surface area contributed by atoms with E-state index in [0.717, 1.165) is 21.3 Å². The molecular weight excluding hydrogens is 278 g/mol. The second-order valence-electron chi connectivity index (χ2n) is 4.10. The Balaban J connectivity index is 1.89. The molecule has 0 aliphatic heterocycles. The van der Waals surface area contributed by atoms with Crippen LogP contribution in [0.2, 0.25) is 0 Å². The first-order chi connectivity index (χ1) is 9.17. The van der Waals surface area contributed by atoms with Crippen LogP contribution in [0.5, 0.6) is 0 Å². The lowest BCUT2D eigenvalue weighted by atomic mass is 10.1. The molecule has 0 aliphatic rings. The van der Waals surface area contributed by atoms with E-state index < -0.39 is 0 Å². The Morgan fingerprint density at radius 1 is 1.37 bits per heavy atom. The molecule has 4 nitrogen and oxygen atoms in total. The summed E-state index contributed by atoms with van der Waals surface area (Å²) in [6, 6.07) is 7.98. The number of benzene rings is 1. The standard InChI is InChI=1S/C13H15N3OS2/c1-9-7-18-13(15-9)19-8-11-4-2-10(3-5-11)6-12(17)16-14/h2-5,7H,6,8,14H2,1H3,(H,16,17). The first kappa shape index (κ1) is 14.0. The van der Waals surface area contributed by atoms with Crippen molar-refractivity contribution in [3.8, 4) is 0 Å². The van der Waals surface area contributed by atoms with Gasteiger partial charge in [-0.1, -0.05) is 36.0 Å². The largest absolute Gasteiger partial charge is 0.294 e. The molecule has 1 amide bonds. The average Bonchev–Trinajstić information content (AvgIpc) is 2.83. The molecule has 0 fully saturated rings. The van der Waals surface area contributed by atoms with Crippen molar-refractivity contribution in [3.05, 3.63) is 46.5 Å². The van der Waals surface area contributed by atoms with Crippen molar-refractivity contribution in [1.29, 1.82) is 0 Å². The number of hydrazine groups is 1. The molecule has 100 valence electrons. The SMILES string of the molecule is Cc1csc(SCc2ccc(CC(=O)NN)cc2)n1. The molecular formula is C13H15N3OS2. The molecule has 0 spiro atoms. The Morgan fingerprint density at radius 3 is 2.63 bits per heavy atom. The van der Waals surface area contributed by atoms with Crippen LogP contribution in [-0.4, -0.2) is 10.9 Å². The van der Waals surface area contributed by atoms with E-state index in [1.807, 2.05) is 31.2 Å². The first-order valence-corrected chi connectivity index (χ1v) is 7.66. The van der Waals surface area contributed by atoms with E-state index in [-0.39, 0.29) is 5.91 Å². The molecule has 0 radical (unpaired) electrons. The van der Waals surface area contributed by atoms with E-state index in [1.165, 1.54) is 5.56 Å². The zero-order chi connectivity index (χ0) is 13.7. The number of nitrogens with one attached hydrogen (secondary N) is 1. The van der Waals surface area contributed by atoms with Crippen molar-refractivity contribution in [2.45, 2.75) is 23.4 Å². The molecule has 2 rings (SSSR count). The molecule has 0 aliphatic carbocycles. The minimum Gasteiger partial charge on any atom is -0.294 e. The molecule has 1 aromatic heterocycles. The van der Waals surface area contributed by atoms with Gasteiger partial charge in [-0.2, -0.15) is 0 Å². The number of aromatic nitrogens is 1. The third-order valence-electron chi connectivity index (χ3n) is 2.51. The molecule has 19 heavy (non-hydrogen) atoms. The van der Waals surface area contributed by atoms with Gasteiger partial charge in [-0.25, -0.2) is 10.8 Å². The summed E-state index contributed by atoms with van der Waals surface area (Å²) >= 11 is 3.40. The molecule has 0 saturated carbocycles. The van der Waals surface area contributed by atoms with Crippen molar-refractivity contribution in [2.75, 3.05) is 0 Å². The van der Waals surface area contributed by atoms with Crippen molar-refractivity contribution in [1.82, 2.24) is 10.4 Å². The van der Waals surface area contributed by atoms with Gasteiger partial charge in [-0.15, -0.1) is 11.3 Å². The zero-order valence-electron chi connectivity index (χ0n) is 10.6. The number of hydrogen-bond donors (Lipinski definition) is 2. The maximum absolute atomic E-state index is 11.1. The number of amides is 1. The summed E-state index contributed by atoms with van der Waals surface area (Å²) in [5, 5.41) is 2.05. The van der Waals surface area contributed by atoms with Gasteiger partial charge < -0.3 is 0 Å². The predicted octanol–water partition coefficient (Wildman–Crippen LogP) is 2.28. The number of thioether (sulfide) groups is 1. The normalized spacial score (nSPS) is 10.4. The zero-order valence-corrected chi connectivity index (χ0v) is 12.2. The Labute approximate surface area is 120 Å². The molecule has 0 bridgehead atoms. The van der Waals surface area contributed by atoms with Crippen LogP contribution in [0, 0.1) is 6.92 Å². The summed E-state index contributed by atoms with van der Waals surface area (Å²) in [7, 11) is 0. The highest BCUT2D eigenvalue weighted by Crippen LogP contribution is 2.26. The van der Waals surface area contributed by atoms with Crippen molar-refractivity contribution in [3.63, 3.8) is 0 Å². The molecule has 6 heteroatoms. The van der Waals surface area contributed by atoms with Crippen LogP contribution in [0.15, 0.2) is 34.0 Å². The fourth-order valence-electron chi connectivity index (χ4n) is 1.53. The summed E-state index contributed by atoms with van der Waals surface area (Å²) < 4.78 is 1.09. The van der Waals surface area contributed by atoms with Gasteiger partial charge in [0.2, 0.25) is 5.91 Å². The van der Waals surface area contributed by atoms with Crippen LogP contribution in [0.3, 0.4) is 0 Å². The van der Waals surface area contributed by atoms with Gasteiger partial charge in [0.25, 0.3) is 0 Å². The van der Waals surface area contributed by atoms with Crippen molar-refractivity contribution < 1.29 is 4.79 Å². The topological polar surface area (TPSA) is 68.0 Å². The second-order valence-corrected chi connectivity index (χ2v) is 6.18. The van der Waals surface area contributed by atoms with Gasteiger partial charge in [0.1, 0.15) is 4.34 Å². The maximum Gasteiger partial charge on any atom is 0.238 e. The number of carbonyl (C=O) groups is 1. The summed E-state index contributed by atoms with van der Waals surface area (Å²) in [6.45, 7) is 2.00. The highest BCUT2D eigenvalue weighted by Gasteiger charge is 2.03. The van der Waals surface area contributed by atoms with Crippen LogP contribution in [0.1, 0.15) is 16.8 Å². The Bertz CT molecular complexity index is 551. The highest BCUT2D eigenvalue weighted by molar-refractivity contribution is 8.00. The van der Waals surface area contributed by atoms with E-state index in [0.29, 0.717) is 6.42 Å². The van der Waals surface area contributed by atoms with Gasteiger partial charge >= 0.3 is 0 Å². The number of hydrogen-bond acceptors (Lipinski definition) is 5. The smallest absolute Gasteiger partial charge is 0.238 e. The Morgan fingerprint density at radius 2 is 2.05 bits per heavy atom. The summed E-state index contributed by atoms with van der Waals surface area (Å²) in [5.41, 5.74) is 5.37. The second kappa shape index (κ2) is 6.70. The molecule has 1 heterocycles. The van der Waals surface area contributed by atoms with Gasteiger partial charge in [0.05, 0.1) is 6.42 Å². The quantitative estimate of drug-likeness (QED) is 0.384. The van der Waals surface area contributed by atoms with Crippen molar-refractivity contribution >= 4 is 29.0 Å². The molecule has 2 aromatic rings. The molecule has 1 aromatic carbocycles. The van der Waals surface area contributed by atoms with E-state index >= 15 is 0 Å². The number of carbonyl (C=O) groups excluding carboxylic acids is 1. The summed E-state index contributed by atoms with van der Waals surface area (Å²) in [4.78, 5) is 15.5.